The van der Waals surface area contributed by atoms with Gasteiger partial charge < -0.3 is 4.74 Å². The van der Waals surface area contributed by atoms with E-state index in [0.717, 1.165) is 38.2 Å². The van der Waals surface area contributed by atoms with E-state index in [9.17, 15) is 4.79 Å². The number of amides is 1. The number of benzene rings is 1. The summed E-state index contributed by atoms with van der Waals surface area (Å²) in [5, 5.41) is 0. The molecule has 1 saturated heterocycles. The lowest BCUT2D eigenvalue weighted by Crippen LogP contribution is -2.44. The van der Waals surface area contributed by atoms with Crippen LogP contribution in [-0.4, -0.2) is 30.5 Å². The summed E-state index contributed by atoms with van der Waals surface area (Å²) in [4.78, 5) is 13.9. The van der Waals surface area contributed by atoms with Gasteiger partial charge in [0.2, 0.25) is 5.91 Å². The Kier molecular flexibility index (Phi) is 5.38. The van der Waals surface area contributed by atoms with Crippen molar-refractivity contribution < 1.29 is 9.53 Å². The summed E-state index contributed by atoms with van der Waals surface area (Å²) >= 11 is 0. The Morgan fingerprint density at radius 3 is 2.85 bits per heavy atom. The van der Waals surface area contributed by atoms with Crippen LogP contribution in [0.25, 0.3) is 0 Å². The Labute approximate surface area is 120 Å². The highest BCUT2D eigenvalue weighted by molar-refractivity contribution is 5.78. The second-order valence-electron chi connectivity index (χ2n) is 5.16. The van der Waals surface area contributed by atoms with Crippen LogP contribution in [0.4, 0.5) is 0 Å². The van der Waals surface area contributed by atoms with Crippen LogP contribution in [0.5, 0.6) is 5.75 Å². The molecule has 1 aromatic carbocycles. The SMILES string of the molecule is CCOc1ccc(CN2CCC[C@H](C(=O)NN)C2)cc1. The van der Waals surface area contributed by atoms with Gasteiger partial charge >= 0.3 is 0 Å². The van der Waals surface area contributed by atoms with Crippen LogP contribution < -0.4 is 16.0 Å². The molecule has 5 nitrogen and oxygen atoms in total. The number of hydrazine groups is 1. The quantitative estimate of drug-likeness (QED) is 0.483. The molecule has 0 aromatic heterocycles. The molecule has 0 saturated carbocycles. The maximum Gasteiger partial charge on any atom is 0.238 e. The molecular weight excluding hydrogens is 254 g/mol. The second kappa shape index (κ2) is 7.26. The molecule has 0 spiro atoms. The summed E-state index contributed by atoms with van der Waals surface area (Å²) in [6.07, 6.45) is 1.96. The van der Waals surface area contributed by atoms with Crippen molar-refractivity contribution in [3.05, 3.63) is 29.8 Å². The molecule has 0 radical (unpaired) electrons. The molecule has 1 atom stereocenters. The number of carbonyl (C=O) groups is 1. The number of likely N-dealkylation sites (tertiary alicyclic amines) is 1. The fourth-order valence-electron chi connectivity index (χ4n) is 2.65. The molecule has 0 bridgehead atoms. The zero-order chi connectivity index (χ0) is 14.4. The smallest absolute Gasteiger partial charge is 0.238 e. The van der Waals surface area contributed by atoms with Gasteiger partial charge in [0.25, 0.3) is 0 Å². The molecule has 20 heavy (non-hydrogen) atoms. The van der Waals surface area contributed by atoms with Crippen molar-refractivity contribution in [3.63, 3.8) is 0 Å². The highest BCUT2D eigenvalue weighted by Crippen LogP contribution is 2.20. The van der Waals surface area contributed by atoms with Gasteiger partial charge in [-0.1, -0.05) is 12.1 Å². The molecule has 3 N–H and O–H groups in total. The van der Waals surface area contributed by atoms with Crippen LogP contribution >= 0.6 is 0 Å². The Morgan fingerprint density at radius 1 is 1.45 bits per heavy atom. The lowest BCUT2D eigenvalue weighted by atomic mass is 9.97. The monoisotopic (exact) mass is 277 g/mol. The minimum atomic E-state index is -0.0543. The van der Waals surface area contributed by atoms with E-state index in [4.69, 9.17) is 10.6 Å². The summed E-state index contributed by atoms with van der Waals surface area (Å²) < 4.78 is 5.43. The van der Waals surface area contributed by atoms with Crippen LogP contribution in [0.1, 0.15) is 25.3 Å². The Hall–Kier alpha value is -1.59. The van der Waals surface area contributed by atoms with Gasteiger partial charge in [0, 0.05) is 13.1 Å². The molecule has 1 heterocycles. The number of nitrogens with two attached hydrogens (primary N) is 1. The van der Waals surface area contributed by atoms with Crippen molar-refractivity contribution in [2.75, 3.05) is 19.7 Å². The predicted octanol–water partition coefficient (Wildman–Crippen LogP) is 1.29. The van der Waals surface area contributed by atoms with Crippen molar-refractivity contribution in [2.45, 2.75) is 26.3 Å². The molecule has 1 aromatic rings. The number of nitrogens with zero attached hydrogens (tertiary/aromatic N) is 1. The van der Waals surface area contributed by atoms with Crippen LogP contribution in [0.15, 0.2) is 24.3 Å². The van der Waals surface area contributed by atoms with Crippen LogP contribution in [-0.2, 0) is 11.3 Å². The summed E-state index contributed by atoms with van der Waals surface area (Å²) in [7, 11) is 0. The predicted molar refractivity (Wildman–Crippen MR) is 77.9 cm³/mol. The maximum absolute atomic E-state index is 11.6. The number of carbonyl (C=O) groups excluding carboxylic acids is 1. The number of nitrogens with one attached hydrogen (secondary N) is 1. The topological polar surface area (TPSA) is 67.6 Å². The minimum Gasteiger partial charge on any atom is -0.494 e. The zero-order valence-electron chi connectivity index (χ0n) is 12.0. The lowest BCUT2D eigenvalue weighted by molar-refractivity contribution is -0.126. The summed E-state index contributed by atoms with van der Waals surface area (Å²) in [6, 6.07) is 8.15. The van der Waals surface area contributed by atoms with Crippen LogP contribution in [0, 0.1) is 5.92 Å². The van der Waals surface area contributed by atoms with E-state index >= 15 is 0 Å². The van der Waals surface area contributed by atoms with E-state index < -0.39 is 0 Å². The van der Waals surface area contributed by atoms with E-state index in [1.807, 2.05) is 19.1 Å². The molecule has 1 fully saturated rings. The summed E-state index contributed by atoms with van der Waals surface area (Å²) in [6.45, 7) is 5.32. The van der Waals surface area contributed by atoms with E-state index in [-0.39, 0.29) is 11.8 Å². The Balaban J connectivity index is 1.90. The molecular formula is C15H23N3O2. The average molecular weight is 277 g/mol. The Morgan fingerprint density at radius 2 is 2.20 bits per heavy atom. The fraction of sp³-hybridized carbons (Fsp3) is 0.533. The van der Waals surface area contributed by atoms with Gasteiger partial charge in [-0.25, -0.2) is 5.84 Å². The first-order valence-corrected chi connectivity index (χ1v) is 7.17. The molecule has 1 amide bonds. The highest BCUT2D eigenvalue weighted by Gasteiger charge is 2.25. The van der Waals surface area contributed by atoms with Gasteiger partial charge in [0.05, 0.1) is 12.5 Å². The normalized spacial score (nSPS) is 19.6. The van der Waals surface area contributed by atoms with Gasteiger partial charge in [-0.2, -0.15) is 0 Å². The van der Waals surface area contributed by atoms with E-state index in [1.54, 1.807) is 0 Å². The van der Waals surface area contributed by atoms with Gasteiger partial charge in [0.1, 0.15) is 5.75 Å². The first kappa shape index (κ1) is 14.8. The van der Waals surface area contributed by atoms with Crippen molar-refractivity contribution in [3.8, 4) is 5.75 Å². The minimum absolute atomic E-state index is 0.0106. The third-order valence-corrected chi connectivity index (χ3v) is 3.66. The van der Waals surface area contributed by atoms with E-state index in [2.05, 4.69) is 22.5 Å². The van der Waals surface area contributed by atoms with Gasteiger partial charge in [0.15, 0.2) is 0 Å². The summed E-state index contributed by atoms with van der Waals surface area (Å²) in [5.74, 6) is 6.07. The summed E-state index contributed by atoms with van der Waals surface area (Å²) in [5.41, 5.74) is 3.50. The number of rotatable bonds is 5. The second-order valence-corrected chi connectivity index (χ2v) is 5.16. The van der Waals surface area contributed by atoms with Crippen molar-refractivity contribution in [1.29, 1.82) is 0 Å². The third-order valence-electron chi connectivity index (χ3n) is 3.66. The molecule has 1 aliphatic heterocycles. The lowest BCUT2D eigenvalue weighted by Gasteiger charge is -2.31. The van der Waals surface area contributed by atoms with E-state index in [1.165, 1.54) is 5.56 Å². The van der Waals surface area contributed by atoms with E-state index in [0.29, 0.717) is 6.61 Å². The molecule has 5 heteroatoms. The number of hydrogen-bond acceptors (Lipinski definition) is 4. The maximum atomic E-state index is 11.6. The first-order valence-electron chi connectivity index (χ1n) is 7.17. The van der Waals surface area contributed by atoms with Crippen molar-refractivity contribution in [2.24, 2.45) is 11.8 Å². The van der Waals surface area contributed by atoms with Crippen molar-refractivity contribution in [1.82, 2.24) is 10.3 Å². The van der Waals surface area contributed by atoms with Crippen LogP contribution in [0.3, 0.4) is 0 Å². The highest BCUT2D eigenvalue weighted by atomic mass is 16.5. The first-order chi connectivity index (χ1) is 9.72. The molecule has 0 aliphatic carbocycles. The largest absolute Gasteiger partial charge is 0.494 e. The number of hydrogen-bond donors (Lipinski definition) is 2. The molecule has 2 rings (SSSR count). The van der Waals surface area contributed by atoms with Gasteiger partial charge in [-0.3, -0.25) is 15.1 Å². The van der Waals surface area contributed by atoms with Gasteiger partial charge in [-0.05, 0) is 44.0 Å². The molecule has 1 aliphatic rings. The molecule has 0 unspecified atom stereocenters. The van der Waals surface area contributed by atoms with Crippen molar-refractivity contribution >= 4 is 5.91 Å². The fourth-order valence-corrected chi connectivity index (χ4v) is 2.65. The zero-order valence-corrected chi connectivity index (χ0v) is 12.0. The number of piperidine rings is 1. The Bertz CT molecular complexity index is 433. The van der Waals surface area contributed by atoms with Gasteiger partial charge in [-0.15, -0.1) is 0 Å². The standard InChI is InChI=1S/C15H23N3O2/c1-2-20-14-7-5-12(6-8-14)10-18-9-3-4-13(11-18)15(19)17-16/h5-8,13H,2-4,9-11,16H2,1H3,(H,17,19)/t13-/m0/s1. The average Bonchev–Trinajstić information content (AvgIpc) is 2.49. The molecule has 110 valence electrons. The third kappa shape index (κ3) is 3.95. The van der Waals surface area contributed by atoms with Crippen LogP contribution in [0.2, 0.25) is 0 Å². The number of ether oxygens (including phenoxy) is 1.